The van der Waals surface area contributed by atoms with Crippen LogP contribution >= 0.6 is 49.6 Å². The average Bonchev–Trinajstić information content (AvgIpc) is 2.75. The summed E-state index contributed by atoms with van der Waals surface area (Å²) in [7, 11) is 0. The maximum absolute atomic E-state index is 13.1. The highest BCUT2D eigenvalue weighted by molar-refractivity contribution is 6.08. The SMILES string of the molecule is Cc1ccc(-c2c(CN)c(CC(C)C)nc(C)c2NC(=O)c2cccc(C(=O)O)c2)cc1.Cl.Cl.Cl.Cl. The van der Waals surface area contributed by atoms with Crippen molar-refractivity contribution in [3.8, 4) is 11.1 Å². The molecular formula is C26H33Cl4N3O3. The number of anilines is 1. The number of nitrogens with two attached hydrogens (primary N) is 1. The molecule has 0 aliphatic heterocycles. The van der Waals surface area contributed by atoms with Gasteiger partial charge < -0.3 is 16.2 Å². The van der Waals surface area contributed by atoms with Crippen LogP contribution in [0.1, 0.15) is 57.1 Å². The molecule has 0 bridgehead atoms. The summed E-state index contributed by atoms with van der Waals surface area (Å²) in [6.45, 7) is 8.44. The van der Waals surface area contributed by atoms with Crippen LogP contribution in [0.4, 0.5) is 5.69 Å². The number of pyridine rings is 1. The van der Waals surface area contributed by atoms with Crippen LogP contribution in [0.25, 0.3) is 11.1 Å². The fraction of sp³-hybridized carbons (Fsp3) is 0.269. The zero-order valence-corrected chi connectivity index (χ0v) is 23.8. The zero-order valence-electron chi connectivity index (χ0n) is 20.5. The second kappa shape index (κ2) is 15.7. The Morgan fingerprint density at radius 3 is 2.08 bits per heavy atom. The van der Waals surface area contributed by atoms with Gasteiger partial charge in [0, 0.05) is 23.4 Å². The molecule has 0 saturated heterocycles. The minimum absolute atomic E-state index is 0. The van der Waals surface area contributed by atoms with Crippen molar-refractivity contribution >= 4 is 67.2 Å². The summed E-state index contributed by atoms with van der Waals surface area (Å²) in [6.07, 6.45) is 0.779. The molecule has 3 aromatic rings. The Kier molecular flexibility index (Phi) is 15.6. The Bertz CT molecular complexity index is 1170. The fourth-order valence-corrected chi connectivity index (χ4v) is 3.75. The number of nitrogens with zero attached hydrogens (tertiary/aromatic N) is 1. The standard InChI is InChI=1S/C26H29N3O3.4ClH/c1-15(2)12-22-21(14-27)23(18-10-8-16(3)9-11-18)24(17(4)28-22)29-25(30)19-6-5-7-20(13-19)26(31)32;;;;/h5-11,13,15H,12,14,27H2,1-4H3,(H,29,30)(H,31,32);4*1H. The van der Waals surface area contributed by atoms with Crippen molar-refractivity contribution in [1.82, 2.24) is 4.98 Å². The summed E-state index contributed by atoms with van der Waals surface area (Å²) in [6, 6.07) is 14.0. The summed E-state index contributed by atoms with van der Waals surface area (Å²) < 4.78 is 0. The lowest BCUT2D eigenvalue weighted by atomic mass is 9.92. The third kappa shape index (κ3) is 8.36. The highest BCUT2D eigenvalue weighted by atomic mass is 35.5. The summed E-state index contributed by atoms with van der Waals surface area (Å²) >= 11 is 0. The van der Waals surface area contributed by atoms with E-state index in [0.29, 0.717) is 17.3 Å². The first-order valence-corrected chi connectivity index (χ1v) is 10.7. The first-order valence-electron chi connectivity index (χ1n) is 10.7. The van der Waals surface area contributed by atoms with Crippen molar-refractivity contribution in [2.24, 2.45) is 11.7 Å². The number of aromatic nitrogens is 1. The number of carboxylic acids is 1. The summed E-state index contributed by atoms with van der Waals surface area (Å²) in [5.41, 5.74) is 12.6. The lowest BCUT2D eigenvalue weighted by Crippen LogP contribution is -2.18. The molecular weight excluding hydrogens is 544 g/mol. The van der Waals surface area contributed by atoms with E-state index >= 15 is 0 Å². The molecule has 0 radical (unpaired) electrons. The molecule has 10 heteroatoms. The molecule has 0 atom stereocenters. The van der Waals surface area contributed by atoms with Crippen molar-refractivity contribution in [1.29, 1.82) is 0 Å². The number of carboxylic acid groups (broad SMARTS) is 1. The molecule has 4 N–H and O–H groups in total. The predicted octanol–water partition coefficient (Wildman–Crippen LogP) is 6.66. The molecule has 0 unspecified atom stereocenters. The van der Waals surface area contributed by atoms with E-state index in [0.717, 1.165) is 34.4 Å². The van der Waals surface area contributed by atoms with Gasteiger partial charge >= 0.3 is 5.97 Å². The maximum atomic E-state index is 13.1. The molecule has 6 nitrogen and oxygen atoms in total. The van der Waals surface area contributed by atoms with Gasteiger partial charge in [0.25, 0.3) is 5.91 Å². The lowest BCUT2D eigenvalue weighted by Gasteiger charge is -2.21. The van der Waals surface area contributed by atoms with Crippen molar-refractivity contribution in [2.75, 3.05) is 5.32 Å². The number of carbonyl (C=O) groups excluding carboxylic acids is 1. The van der Waals surface area contributed by atoms with Gasteiger partial charge in [0.05, 0.1) is 16.9 Å². The van der Waals surface area contributed by atoms with Crippen LogP contribution in [-0.2, 0) is 13.0 Å². The smallest absolute Gasteiger partial charge is 0.335 e. The van der Waals surface area contributed by atoms with E-state index < -0.39 is 11.9 Å². The Morgan fingerprint density at radius 1 is 0.972 bits per heavy atom. The van der Waals surface area contributed by atoms with Crippen molar-refractivity contribution in [3.05, 3.63) is 82.2 Å². The third-order valence-electron chi connectivity index (χ3n) is 5.32. The van der Waals surface area contributed by atoms with Gasteiger partial charge in [0.1, 0.15) is 0 Å². The van der Waals surface area contributed by atoms with Crippen molar-refractivity contribution in [2.45, 2.75) is 40.7 Å². The molecule has 1 heterocycles. The van der Waals surface area contributed by atoms with Crippen molar-refractivity contribution < 1.29 is 14.7 Å². The second-order valence-corrected chi connectivity index (χ2v) is 8.38. The highest BCUT2D eigenvalue weighted by Gasteiger charge is 2.21. The molecule has 36 heavy (non-hydrogen) atoms. The Morgan fingerprint density at radius 2 is 1.56 bits per heavy atom. The van der Waals surface area contributed by atoms with E-state index in [4.69, 9.17) is 10.7 Å². The number of rotatable bonds is 7. The van der Waals surface area contributed by atoms with Gasteiger partial charge in [-0.05, 0) is 55.5 Å². The number of nitrogens with one attached hydrogen (secondary N) is 1. The molecule has 0 aliphatic carbocycles. The molecule has 2 aromatic carbocycles. The molecule has 0 fully saturated rings. The fourth-order valence-electron chi connectivity index (χ4n) is 3.75. The predicted molar refractivity (Wildman–Crippen MR) is 156 cm³/mol. The minimum Gasteiger partial charge on any atom is -0.478 e. The zero-order chi connectivity index (χ0) is 23.4. The van der Waals surface area contributed by atoms with Crippen LogP contribution in [0, 0.1) is 19.8 Å². The van der Waals surface area contributed by atoms with Crippen LogP contribution in [0.3, 0.4) is 0 Å². The molecule has 1 amide bonds. The quantitative estimate of drug-likeness (QED) is 0.291. The summed E-state index contributed by atoms with van der Waals surface area (Å²) in [4.78, 5) is 29.2. The van der Waals surface area contributed by atoms with Gasteiger partial charge in [-0.1, -0.05) is 49.7 Å². The van der Waals surface area contributed by atoms with Gasteiger partial charge in [0.2, 0.25) is 0 Å². The van der Waals surface area contributed by atoms with Gasteiger partial charge in [-0.25, -0.2) is 4.79 Å². The minimum atomic E-state index is -1.08. The summed E-state index contributed by atoms with van der Waals surface area (Å²) in [5, 5.41) is 12.2. The van der Waals surface area contributed by atoms with Crippen LogP contribution in [0.2, 0.25) is 0 Å². The molecule has 0 aliphatic rings. The average molecular weight is 577 g/mol. The Hall–Kier alpha value is -2.35. The number of hydrogen-bond acceptors (Lipinski definition) is 4. The van der Waals surface area contributed by atoms with Crippen molar-refractivity contribution in [3.63, 3.8) is 0 Å². The number of amides is 1. The Balaban J connectivity index is 0. The first kappa shape index (κ1) is 35.8. The number of benzene rings is 2. The maximum Gasteiger partial charge on any atom is 0.335 e. The van der Waals surface area contributed by atoms with E-state index in [2.05, 4.69) is 19.2 Å². The second-order valence-electron chi connectivity index (χ2n) is 8.38. The van der Waals surface area contributed by atoms with Crippen LogP contribution in [0.15, 0.2) is 48.5 Å². The largest absolute Gasteiger partial charge is 0.478 e. The van der Waals surface area contributed by atoms with E-state index in [1.54, 1.807) is 12.1 Å². The third-order valence-corrected chi connectivity index (χ3v) is 5.32. The molecule has 0 spiro atoms. The Labute approximate surface area is 237 Å². The van der Waals surface area contributed by atoms with Gasteiger partial charge in [0.15, 0.2) is 0 Å². The van der Waals surface area contributed by atoms with Gasteiger partial charge in [-0.15, -0.1) is 49.6 Å². The number of halogens is 4. The topological polar surface area (TPSA) is 105 Å². The number of hydrogen-bond donors (Lipinski definition) is 3. The summed E-state index contributed by atoms with van der Waals surface area (Å²) in [5.74, 6) is -1.08. The number of carbonyl (C=O) groups is 2. The number of aryl methyl sites for hydroxylation is 2. The van der Waals surface area contributed by atoms with E-state index in [1.165, 1.54) is 12.1 Å². The van der Waals surface area contributed by atoms with Gasteiger partial charge in [-0.3, -0.25) is 9.78 Å². The van der Waals surface area contributed by atoms with E-state index in [-0.39, 0.29) is 67.3 Å². The lowest BCUT2D eigenvalue weighted by molar-refractivity contribution is 0.0697. The molecule has 3 rings (SSSR count). The highest BCUT2D eigenvalue weighted by Crippen LogP contribution is 2.36. The van der Waals surface area contributed by atoms with E-state index in [9.17, 15) is 14.7 Å². The normalized spacial score (nSPS) is 9.72. The molecule has 198 valence electrons. The van der Waals surface area contributed by atoms with Gasteiger partial charge in [-0.2, -0.15) is 0 Å². The first-order chi connectivity index (χ1) is 15.2. The van der Waals surface area contributed by atoms with Crippen LogP contribution < -0.4 is 11.1 Å². The van der Waals surface area contributed by atoms with Crippen LogP contribution in [-0.4, -0.2) is 22.0 Å². The van der Waals surface area contributed by atoms with Crippen LogP contribution in [0.5, 0.6) is 0 Å². The monoisotopic (exact) mass is 575 g/mol. The van der Waals surface area contributed by atoms with E-state index in [1.807, 2.05) is 38.1 Å². The molecule has 0 saturated carbocycles. The molecule has 1 aromatic heterocycles. The number of aromatic carboxylic acids is 1.